The molecular weight excluding hydrogens is 476 g/mol. The van der Waals surface area contributed by atoms with E-state index in [9.17, 15) is 18.4 Å². The summed E-state index contributed by atoms with van der Waals surface area (Å²) in [5.74, 6) is 0.510. The maximum Gasteiger partial charge on any atom is 0.345 e. The van der Waals surface area contributed by atoms with Crippen molar-refractivity contribution >= 4 is 17.6 Å². The Labute approximate surface area is 205 Å². The van der Waals surface area contributed by atoms with Gasteiger partial charge in [0.05, 0.1) is 12.8 Å². The van der Waals surface area contributed by atoms with E-state index in [0.717, 1.165) is 19.5 Å². The molecule has 2 amide bonds. The van der Waals surface area contributed by atoms with Crippen LogP contribution < -0.4 is 14.8 Å². The molecule has 1 atom stereocenters. The lowest BCUT2D eigenvalue weighted by atomic mass is 10.2. The minimum absolute atomic E-state index is 0.142. The number of carbonyl (C=O) groups is 2. The number of aryl methyl sites for hydroxylation is 1. The summed E-state index contributed by atoms with van der Waals surface area (Å²) in [5.41, 5.74) is 0.495. The average molecular weight is 501 g/mol. The summed E-state index contributed by atoms with van der Waals surface area (Å²) in [7, 11) is 1.72. The summed E-state index contributed by atoms with van der Waals surface area (Å²) in [5, 5.41) is 6.79. The molecule has 1 N–H and O–H groups in total. The molecule has 4 rings (SSSR count). The lowest BCUT2D eigenvalue weighted by Crippen LogP contribution is -2.42. The van der Waals surface area contributed by atoms with Gasteiger partial charge in [-0.05, 0) is 37.6 Å². The number of nitrogens with one attached hydrogen (secondary N) is 1. The molecule has 0 unspecified atom stereocenters. The molecule has 3 heterocycles. The number of benzene rings is 1. The fourth-order valence-electron chi connectivity index (χ4n) is 3.36. The van der Waals surface area contributed by atoms with Gasteiger partial charge in [-0.3, -0.25) is 14.3 Å². The summed E-state index contributed by atoms with van der Waals surface area (Å²) in [6.45, 7) is -0.282. The molecule has 0 saturated carbocycles. The van der Waals surface area contributed by atoms with Crippen LogP contribution in [0.2, 0.25) is 0 Å². The van der Waals surface area contributed by atoms with Crippen molar-refractivity contribution < 1.29 is 32.6 Å². The number of anilines is 1. The number of carbonyl (C=O) groups excluding carboxylic acids is 2. The predicted molar refractivity (Wildman–Crippen MR) is 124 cm³/mol. The fourth-order valence-corrected chi connectivity index (χ4v) is 3.36. The first-order valence-corrected chi connectivity index (χ1v) is 11.2. The molecular formula is C24H25F2N5O5. The number of hydrogen-bond acceptors (Lipinski definition) is 7. The molecule has 190 valence electrons. The molecule has 1 aromatic carbocycles. The van der Waals surface area contributed by atoms with Crippen LogP contribution in [0.15, 0.2) is 48.8 Å². The number of alkyl halides is 2. The molecule has 0 aliphatic carbocycles. The minimum atomic E-state index is -2.92. The third-order valence-electron chi connectivity index (χ3n) is 5.23. The minimum Gasteiger partial charge on any atom is -0.488 e. The Balaban J connectivity index is 1.52. The molecule has 0 radical (unpaired) electrons. The van der Waals surface area contributed by atoms with Gasteiger partial charge in [-0.2, -0.15) is 13.9 Å². The van der Waals surface area contributed by atoms with Crippen LogP contribution in [-0.2, 0) is 11.8 Å². The number of ether oxygens (including phenoxy) is 3. The van der Waals surface area contributed by atoms with Gasteiger partial charge >= 0.3 is 6.61 Å². The maximum absolute atomic E-state index is 12.8. The van der Waals surface area contributed by atoms with Gasteiger partial charge in [0.15, 0.2) is 5.82 Å². The first-order chi connectivity index (χ1) is 17.3. The third-order valence-corrected chi connectivity index (χ3v) is 5.23. The SMILES string of the molecule is C[C@@H](COC(F)F)Oc1cc(Oc2ccc(C(=O)N3CCC3)nc2)cc(C(=O)Nc2ccn(C)n2)c1. The van der Waals surface area contributed by atoms with Gasteiger partial charge in [0.25, 0.3) is 11.8 Å². The Bertz CT molecular complexity index is 1210. The fraction of sp³-hybridized carbons (Fsp3) is 0.333. The van der Waals surface area contributed by atoms with Crippen molar-refractivity contribution in [2.75, 3.05) is 25.0 Å². The van der Waals surface area contributed by atoms with Crippen LogP contribution in [0, 0.1) is 0 Å². The number of amides is 2. The number of aromatic nitrogens is 3. The molecule has 36 heavy (non-hydrogen) atoms. The van der Waals surface area contributed by atoms with E-state index < -0.39 is 18.6 Å². The van der Waals surface area contributed by atoms with Crippen LogP contribution in [0.4, 0.5) is 14.6 Å². The Morgan fingerprint density at radius 3 is 2.50 bits per heavy atom. The van der Waals surface area contributed by atoms with Crippen LogP contribution in [-0.4, -0.2) is 63.9 Å². The molecule has 12 heteroatoms. The Kier molecular flexibility index (Phi) is 7.74. The highest BCUT2D eigenvalue weighted by Crippen LogP contribution is 2.29. The first kappa shape index (κ1) is 25.0. The highest BCUT2D eigenvalue weighted by atomic mass is 19.3. The first-order valence-electron chi connectivity index (χ1n) is 11.2. The lowest BCUT2D eigenvalue weighted by Gasteiger charge is -2.30. The van der Waals surface area contributed by atoms with E-state index in [-0.39, 0.29) is 29.6 Å². The van der Waals surface area contributed by atoms with Gasteiger partial charge in [0.2, 0.25) is 0 Å². The number of halogens is 2. The van der Waals surface area contributed by atoms with E-state index in [1.807, 2.05) is 0 Å². The average Bonchev–Trinajstić information content (AvgIpc) is 3.21. The van der Waals surface area contributed by atoms with Crippen LogP contribution in [0.5, 0.6) is 17.2 Å². The van der Waals surface area contributed by atoms with E-state index in [1.165, 1.54) is 29.1 Å². The van der Waals surface area contributed by atoms with Crippen molar-refractivity contribution in [1.82, 2.24) is 19.7 Å². The Hall–Kier alpha value is -4.06. The molecule has 0 spiro atoms. The normalized spacial score (nSPS) is 13.8. The predicted octanol–water partition coefficient (Wildman–Crippen LogP) is 3.71. The smallest absolute Gasteiger partial charge is 0.345 e. The quantitative estimate of drug-likeness (QED) is 0.451. The van der Waals surface area contributed by atoms with Crippen LogP contribution >= 0.6 is 0 Å². The van der Waals surface area contributed by atoms with Crippen LogP contribution in [0.25, 0.3) is 0 Å². The molecule has 3 aromatic rings. The number of nitrogens with zero attached hydrogens (tertiary/aromatic N) is 4. The number of rotatable bonds is 10. The van der Waals surface area contributed by atoms with Crippen molar-refractivity contribution in [2.45, 2.75) is 26.1 Å². The van der Waals surface area contributed by atoms with Crippen molar-refractivity contribution in [3.63, 3.8) is 0 Å². The van der Waals surface area contributed by atoms with Gasteiger partial charge < -0.3 is 24.4 Å². The summed E-state index contributed by atoms with van der Waals surface area (Å²) < 4.78 is 42.1. The monoisotopic (exact) mass is 501 g/mol. The van der Waals surface area contributed by atoms with Gasteiger partial charge in [0.1, 0.15) is 29.0 Å². The number of hydrogen-bond donors (Lipinski definition) is 1. The molecule has 1 saturated heterocycles. The van der Waals surface area contributed by atoms with Gasteiger partial charge in [-0.15, -0.1) is 0 Å². The summed E-state index contributed by atoms with van der Waals surface area (Å²) >= 11 is 0. The topological polar surface area (TPSA) is 108 Å². The second kappa shape index (κ2) is 11.1. The van der Waals surface area contributed by atoms with Crippen molar-refractivity contribution in [1.29, 1.82) is 0 Å². The molecule has 1 aliphatic rings. The van der Waals surface area contributed by atoms with Crippen molar-refractivity contribution in [3.05, 3.63) is 60.0 Å². The number of likely N-dealkylation sites (tertiary alicyclic amines) is 1. The molecule has 1 fully saturated rings. The molecule has 10 nitrogen and oxygen atoms in total. The second-order valence-corrected chi connectivity index (χ2v) is 8.17. The standard InChI is InChI=1S/C24H25F2N5O5/c1-15(14-34-24(25)26)35-18-10-16(22(32)28-21-6-9-30(2)29-21)11-19(12-18)36-17-4-5-20(27-13-17)23(33)31-7-3-8-31/h4-6,9-13,15,24H,3,7-8,14H2,1-2H3,(H,28,29,32)/t15-/m0/s1. The van der Waals surface area contributed by atoms with E-state index in [0.29, 0.717) is 17.3 Å². The maximum atomic E-state index is 12.8. The Morgan fingerprint density at radius 1 is 1.11 bits per heavy atom. The van der Waals surface area contributed by atoms with E-state index in [1.54, 1.807) is 43.3 Å². The second-order valence-electron chi connectivity index (χ2n) is 8.17. The molecule has 0 bridgehead atoms. The zero-order chi connectivity index (χ0) is 25.7. The summed E-state index contributed by atoms with van der Waals surface area (Å²) in [6, 6.07) is 9.25. The lowest BCUT2D eigenvalue weighted by molar-refractivity contribution is -0.142. The van der Waals surface area contributed by atoms with E-state index >= 15 is 0 Å². The van der Waals surface area contributed by atoms with Crippen molar-refractivity contribution in [2.24, 2.45) is 7.05 Å². The highest BCUT2D eigenvalue weighted by Gasteiger charge is 2.22. The molecule has 2 aromatic heterocycles. The van der Waals surface area contributed by atoms with E-state index in [4.69, 9.17) is 9.47 Å². The summed E-state index contributed by atoms with van der Waals surface area (Å²) in [6.07, 6.45) is 3.34. The largest absolute Gasteiger partial charge is 0.488 e. The number of pyridine rings is 1. The zero-order valence-corrected chi connectivity index (χ0v) is 19.7. The van der Waals surface area contributed by atoms with E-state index in [2.05, 4.69) is 20.1 Å². The van der Waals surface area contributed by atoms with Crippen molar-refractivity contribution in [3.8, 4) is 17.2 Å². The van der Waals surface area contributed by atoms with Gasteiger partial charge in [-0.1, -0.05) is 0 Å². The van der Waals surface area contributed by atoms with Gasteiger partial charge in [-0.25, -0.2) is 4.98 Å². The third kappa shape index (κ3) is 6.54. The zero-order valence-electron chi connectivity index (χ0n) is 19.7. The summed E-state index contributed by atoms with van der Waals surface area (Å²) in [4.78, 5) is 31.0. The van der Waals surface area contributed by atoms with Crippen LogP contribution in [0.1, 0.15) is 34.2 Å². The van der Waals surface area contributed by atoms with Gasteiger partial charge in [0, 0.05) is 44.0 Å². The van der Waals surface area contributed by atoms with Crippen LogP contribution in [0.3, 0.4) is 0 Å². The molecule has 1 aliphatic heterocycles. The highest BCUT2D eigenvalue weighted by molar-refractivity contribution is 6.04. The Morgan fingerprint density at radius 2 is 1.89 bits per heavy atom.